The van der Waals surface area contributed by atoms with Crippen molar-refractivity contribution in [3.05, 3.63) is 57.6 Å². The van der Waals surface area contributed by atoms with E-state index in [1.165, 1.54) is 0 Å². The molecule has 0 aliphatic heterocycles. The van der Waals surface area contributed by atoms with Gasteiger partial charge in [0, 0.05) is 5.02 Å². The number of halogens is 1. The van der Waals surface area contributed by atoms with Crippen molar-refractivity contribution < 1.29 is 19.1 Å². The van der Waals surface area contributed by atoms with Crippen LogP contribution in [0.15, 0.2) is 30.3 Å². The maximum absolute atomic E-state index is 12.6. The molecule has 0 fully saturated rings. The zero-order valence-corrected chi connectivity index (χ0v) is 16.9. The van der Waals surface area contributed by atoms with Gasteiger partial charge in [-0.1, -0.05) is 32.4 Å². The molecule has 0 radical (unpaired) electrons. The molecule has 0 heterocycles. The van der Waals surface area contributed by atoms with Crippen molar-refractivity contribution in [2.45, 2.75) is 40.0 Å². The number of nitrogens with two attached hydrogens (primary N) is 1. The maximum atomic E-state index is 12.6. The Balaban J connectivity index is 2.57. The molecule has 2 aromatic rings. The zero-order chi connectivity index (χ0) is 20.4. The fourth-order valence-corrected chi connectivity index (χ4v) is 2.84. The predicted octanol–water partition coefficient (Wildman–Crippen LogP) is 4.92. The Kier molecular flexibility index (Phi) is 6.16. The fraction of sp³-hybridized carbons (Fsp3) is 0.333. The summed E-state index contributed by atoms with van der Waals surface area (Å²) in [6.45, 7) is 9.63. The van der Waals surface area contributed by atoms with Crippen molar-refractivity contribution in [3.8, 4) is 5.75 Å². The molecule has 27 heavy (non-hydrogen) atoms. The van der Waals surface area contributed by atoms with Crippen LogP contribution >= 0.6 is 11.6 Å². The number of benzene rings is 2. The van der Waals surface area contributed by atoms with Gasteiger partial charge in [0.25, 0.3) is 0 Å². The van der Waals surface area contributed by atoms with Crippen LogP contribution in [0.2, 0.25) is 5.02 Å². The van der Waals surface area contributed by atoms with E-state index in [4.69, 9.17) is 26.8 Å². The third-order valence-electron chi connectivity index (χ3n) is 4.07. The van der Waals surface area contributed by atoms with Gasteiger partial charge in [0.15, 0.2) is 5.75 Å². The number of hydrogen-bond acceptors (Lipinski definition) is 5. The number of ether oxygens (including phenoxy) is 2. The molecular formula is C21H24ClNO4. The van der Waals surface area contributed by atoms with E-state index in [1.807, 2.05) is 26.8 Å². The monoisotopic (exact) mass is 389 g/mol. The number of hydrogen-bond donors (Lipinski definition) is 1. The molecule has 2 aromatic carbocycles. The van der Waals surface area contributed by atoms with Crippen LogP contribution in [0.1, 0.15) is 59.5 Å². The molecule has 2 rings (SSSR count). The molecule has 144 valence electrons. The molecule has 0 aliphatic rings. The highest BCUT2D eigenvalue weighted by Gasteiger charge is 2.28. The second-order valence-corrected chi connectivity index (χ2v) is 7.66. The van der Waals surface area contributed by atoms with Gasteiger partial charge in [-0.25, -0.2) is 9.59 Å². The van der Waals surface area contributed by atoms with Crippen LogP contribution in [0.4, 0.5) is 5.69 Å². The van der Waals surface area contributed by atoms with Crippen LogP contribution in [0.3, 0.4) is 0 Å². The van der Waals surface area contributed by atoms with Crippen molar-refractivity contribution in [3.63, 3.8) is 0 Å². The molecule has 0 bridgehead atoms. The Bertz CT molecular complexity index is 867. The number of rotatable bonds is 4. The Labute approximate surface area is 164 Å². The quantitative estimate of drug-likeness (QED) is 0.456. The average molecular weight is 390 g/mol. The Hall–Kier alpha value is -2.53. The van der Waals surface area contributed by atoms with Crippen LogP contribution in [0.5, 0.6) is 5.75 Å². The first-order valence-corrected chi connectivity index (χ1v) is 9.02. The fourth-order valence-electron chi connectivity index (χ4n) is 2.71. The zero-order valence-electron chi connectivity index (χ0n) is 16.2. The van der Waals surface area contributed by atoms with Crippen molar-refractivity contribution >= 4 is 29.2 Å². The molecule has 0 saturated carbocycles. The summed E-state index contributed by atoms with van der Waals surface area (Å²) in [5, 5.41) is 0.508. The highest BCUT2D eigenvalue weighted by atomic mass is 35.5. The van der Waals surface area contributed by atoms with Gasteiger partial charge in [0.1, 0.15) is 5.56 Å². The first-order chi connectivity index (χ1) is 12.6. The molecule has 6 heteroatoms. The largest absolute Gasteiger partial charge is 0.462 e. The van der Waals surface area contributed by atoms with Gasteiger partial charge in [-0.15, -0.1) is 0 Å². The van der Waals surface area contributed by atoms with Crippen molar-refractivity contribution in [1.29, 1.82) is 0 Å². The van der Waals surface area contributed by atoms with Gasteiger partial charge >= 0.3 is 11.9 Å². The van der Waals surface area contributed by atoms with Gasteiger partial charge in [-0.3, -0.25) is 0 Å². The first-order valence-electron chi connectivity index (χ1n) is 8.64. The molecular weight excluding hydrogens is 366 g/mol. The molecule has 0 atom stereocenters. The summed E-state index contributed by atoms with van der Waals surface area (Å²) in [6.07, 6.45) is 0. The number of esters is 2. The molecule has 0 spiro atoms. The average Bonchev–Trinajstić information content (AvgIpc) is 2.57. The summed E-state index contributed by atoms with van der Waals surface area (Å²) in [5.74, 6) is -1.12. The minimum absolute atomic E-state index is 0.0732. The van der Waals surface area contributed by atoms with Gasteiger partial charge < -0.3 is 15.2 Å². The van der Waals surface area contributed by atoms with Gasteiger partial charge in [-0.05, 0) is 60.7 Å². The summed E-state index contributed by atoms with van der Waals surface area (Å²) >= 11 is 5.85. The highest BCUT2D eigenvalue weighted by molar-refractivity contribution is 6.30. The van der Waals surface area contributed by atoms with Gasteiger partial charge in [0.05, 0.1) is 17.9 Å². The minimum atomic E-state index is -0.622. The van der Waals surface area contributed by atoms with E-state index in [-0.39, 0.29) is 29.0 Å². The Morgan fingerprint density at radius 2 is 1.70 bits per heavy atom. The Morgan fingerprint density at radius 3 is 2.22 bits per heavy atom. The van der Waals surface area contributed by atoms with Crippen LogP contribution < -0.4 is 10.5 Å². The van der Waals surface area contributed by atoms with E-state index in [0.29, 0.717) is 16.1 Å². The van der Waals surface area contributed by atoms with E-state index in [1.54, 1.807) is 38.1 Å². The standard InChI is InChI=1S/C21H24ClNO4/c1-6-26-20(25)16-17(23)15(21(3,4)5)11-12(2)18(16)27-19(24)13-7-9-14(22)10-8-13/h7-11H,6,23H2,1-5H3. The lowest BCUT2D eigenvalue weighted by Gasteiger charge is -2.25. The third-order valence-corrected chi connectivity index (χ3v) is 4.32. The second kappa shape index (κ2) is 8.01. The van der Waals surface area contributed by atoms with Crippen molar-refractivity contribution in [2.75, 3.05) is 12.3 Å². The second-order valence-electron chi connectivity index (χ2n) is 7.23. The SMILES string of the molecule is CCOC(=O)c1c(N)c(C(C)(C)C)cc(C)c1OC(=O)c1ccc(Cl)cc1. The molecule has 0 saturated heterocycles. The molecule has 0 aromatic heterocycles. The maximum Gasteiger partial charge on any atom is 0.344 e. The van der Waals surface area contributed by atoms with Gasteiger partial charge in [-0.2, -0.15) is 0 Å². The Morgan fingerprint density at radius 1 is 1.11 bits per heavy atom. The summed E-state index contributed by atoms with van der Waals surface area (Å²) in [5.41, 5.74) is 8.05. The number of carbonyl (C=O) groups is 2. The molecule has 0 aliphatic carbocycles. The van der Waals surface area contributed by atoms with Crippen LogP contribution in [-0.2, 0) is 10.2 Å². The minimum Gasteiger partial charge on any atom is -0.462 e. The topological polar surface area (TPSA) is 78.6 Å². The van der Waals surface area contributed by atoms with E-state index >= 15 is 0 Å². The van der Waals surface area contributed by atoms with Crippen LogP contribution in [-0.4, -0.2) is 18.5 Å². The van der Waals surface area contributed by atoms with E-state index in [9.17, 15) is 9.59 Å². The summed E-state index contributed by atoms with van der Waals surface area (Å²) in [4.78, 5) is 25.1. The lowest BCUT2D eigenvalue weighted by atomic mass is 9.83. The lowest BCUT2D eigenvalue weighted by Crippen LogP contribution is -2.21. The van der Waals surface area contributed by atoms with Crippen molar-refractivity contribution in [1.82, 2.24) is 0 Å². The number of aryl methyl sites for hydroxylation is 1. The molecule has 2 N–H and O–H groups in total. The molecule has 0 unspecified atom stereocenters. The van der Waals surface area contributed by atoms with Gasteiger partial charge in [0.2, 0.25) is 0 Å². The predicted molar refractivity (Wildman–Crippen MR) is 107 cm³/mol. The third kappa shape index (κ3) is 4.61. The molecule has 0 amide bonds. The van der Waals surface area contributed by atoms with Crippen molar-refractivity contribution in [2.24, 2.45) is 0 Å². The summed E-state index contributed by atoms with van der Waals surface area (Å²) in [7, 11) is 0. The van der Waals surface area contributed by atoms with Crippen LogP contribution in [0.25, 0.3) is 0 Å². The normalized spacial score (nSPS) is 11.2. The number of carbonyl (C=O) groups excluding carboxylic acids is 2. The molecule has 5 nitrogen and oxygen atoms in total. The number of anilines is 1. The first kappa shape index (κ1) is 20.8. The van der Waals surface area contributed by atoms with E-state index in [2.05, 4.69) is 0 Å². The van der Waals surface area contributed by atoms with E-state index in [0.717, 1.165) is 5.56 Å². The highest BCUT2D eigenvalue weighted by Crippen LogP contribution is 2.38. The number of nitrogen functional groups attached to an aromatic ring is 1. The van der Waals surface area contributed by atoms with Crippen LogP contribution in [0, 0.1) is 6.92 Å². The lowest BCUT2D eigenvalue weighted by molar-refractivity contribution is 0.0521. The van der Waals surface area contributed by atoms with E-state index < -0.39 is 11.9 Å². The summed E-state index contributed by atoms with van der Waals surface area (Å²) in [6, 6.07) is 8.12. The smallest absolute Gasteiger partial charge is 0.344 e. The summed E-state index contributed by atoms with van der Waals surface area (Å²) < 4.78 is 10.7.